The fourth-order valence-electron chi connectivity index (χ4n) is 2.05. The summed E-state index contributed by atoms with van der Waals surface area (Å²) in [4.78, 5) is 12.2. The van der Waals surface area contributed by atoms with Crippen molar-refractivity contribution in [2.45, 2.75) is 36.8 Å². The van der Waals surface area contributed by atoms with Gasteiger partial charge in [0.05, 0.1) is 6.10 Å². The van der Waals surface area contributed by atoms with Crippen LogP contribution in [0.5, 0.6) is 0 Å². The van der Waals surface area contributed by atoms with Crippen LogP contribution >= 0.6 is 12.6 Å². The van der Waals surface area contributed by atoms with Gasteiger partial charge in [-0.05, 0) is 38.0 Å². The lowest BCUT2D eigenvalue weighted by molar-refractivity contribution is 0.0136. The van der Waals surface area contributed by atoms with E-state index in [1.54, 1.807) is 0 Å². The molecule has 0 radical (unpaired) electrons. The predicted molar refractivity (Wildman–Crippen MR) is 69.6 cm³/mol. The largest absolute Gasteiger partial charge is 0.378 e. The fourth-order valence-corrected chi connectivity index (χ4v) is 2.27. The van der Waals surface area contributed by atoms with Crippen molar-refractivity contribution in [3.63, 3.8) is 0 Å². The molecule has 0 spiro atoms. The smallest absolute Gasteiger partial charge is 0.251 e. The summed E-state index contributed by atoms with van der Waals surface area (Å²) < 4.78 is 18.5. The molecular weight excluding hydrogens is 253 g/mol. The van der Waals surface area contributed by atoms with Gasteiger partial charge in [-0.25, -0.2) is 4.39 Å². The average Bonchev–Trinajstić information content (AvgIpc) is 2.32. The molecule has 98 valence electrons. The molecule has 0 aromatic heterocycles. The van der Waals surface area contributed by atoms with Crippen LogP contribution in [-0.2, 0) is 4.74 Å². The SMILES string of the molecule is CC1CC(NC(=O)c2ccc(F)c(S)c2)CCO1. The maximum atomic E-state index is 13.0. The summed E-state index contributed by atoms with van der Waals surface area (Å²) in [5, 5.41) is 2.94. The molecule has 1 aliphatic heterocycles. The van der Waals surface area contributed by atoms with E-state index in [1.807, 2.05) is 6.92 Å². The molecule has 2 atom stereocenters. The van der Waals surface area contributed by atoms with Gasteiger partial charge >= 0.3 is 0 Å². The third-order valence-corrected chi connectivity index (χ3v) is 3.37. The Labute approximate surface area is 111 Å². The molecule has 5 heteroatoms. The Morgan fingerprint density at radius 1 is 1.56 bits per heavy atom. The number of carbonyl (C=O) groups excluding carboxylic acids is 1. The van der Waals surface area contributed by atoms with Crippen LogP contribution < -0.4 is 5.32 Å². The maximum absolute atomic E-state index is 13.0. The number of hydrogen-bond acceptors (Lipinski definition) is 3. The molecule has 3 nitrogen and oxygen atoms in total. The Bertz CT molecular complexity index is 453. The number of amides is 1. The minimum absolute atomic E-state index is 0.120. The van der Waals surface area contributed by atoms with Crippen molar-refractivity contribution in [2.24, 2.45) is 0 Å². The molecule has 1 amide bonds. The van der Waals surface area contributed by atoms with E-state index < -0.39 is 5.82 Å². The third-order valence-electron chi connectivity index (χ3n) is 3.03. The van der Waals surface area contributed by atoms with Gasteiger partial charge in [0.15, 0.2) is 0 Å². The number of hydrogen-bond donors (Lipinski definition) is 2. The zero-order valence-corrected chi connectivity index (χ0v) is 11.0. The number of nitrogens with one attached hydrogen (secondary N) is 1. The first kappa shape index (κ1) is 13.4. The van der Waals surface area contributed by atoms with E-state index >= 15 is 0 Å². The first-order valence-electron chi connectivity index (χ1n) is 5.97. The van der Waals surface area contributed by atoms with E-state index in [0.29, 0.717) is 12.2 Å². The van der Waals surface area contributed by atoms with E-state index in [1.165, 1.54) is 18.2 Å². The highest BCUT2D eigenvalue weighted by Gasteiger charge is 2.21. The second-order valence-corrected chi connectivity index (χ2v) is 5.02. The van der Waals surface area contributed by atoms with E-state index in [2.05, 4.69) is 17.9 Å². The Morgan fingerprint density at radius 3 is 3.00 bits per heavy atom. The molecule has 0 bridgehead atoms. The Morgan fingerprint density at radius 2 is 2.33 bits per heavy atom. The van der Waals surface area contributed by atoms with Gasteiger partial charge in [0.1, 0.15) is 5.82 Å². The van der Waals surface area contributed by atoms with Crippen LogP contribution in [0.2, 0.25) is 0 Å². The fraction of sp³-hybridized carbons (Fsp3) is 0.462. The second kappa shape index (κ2) is 5.71. The normalized spacial score (nSPS) is 23.7. The molecular formula is C13H16FNO2S. The van der Waals surface area contributed by atoms with Gasteiger partial charge in [-0.2, -0.15) is 0 Å². The van der Waals surface area contributed by atoms with Crippen LogP contribution in [0.3, 0.4) is 0 Å². The molecule has 2 rings (SSSR count). The second-order valence-electron chi connectivity index (χ2n) is 4.54. The van der Waals surface area contributed by atoms with Crippen LogP contribution in [0.15, 0.2) is 23.1 Å². The van der Waals surface area contributed by atoms with Gasteiger partial charge in [0.2, 0.25) is 0 Å². The molecule has 0 aliphatic carbocycles. The van der Waals surface area contributed by atoms with Crippen LogP contribution in [0.4, 0.5) is 4.39 Å². The molecule has 1 fully saturated rings. The van der Waals surface area contributed by atoms with Gasteiger partial charge in [-0.15, -0.1) is 12.6 Å². The van der Waals surface area contributed by atoms with Crippen molar-refractivity contribution in [3.8, 4) is 0 Å². The van der Waals surface area contributed by atoms with Gasteiger partial charge in [-0.3, -0.25) is 4.79 Å². The molecule has 1 N–H and O–H groups in total. The molecule has 1 aromatic rings. The summed E-state index contributed by atoms with van der Waals surface area (Å²) in [5.74, 6) is -0.612. The van der Waals surface area contributed by atoms with Gasteiger partial charge < -0.3 is 10.1 Å². The summed E-state index contributed by atoms with van der Waals surface area (Å²) >= 11 is 3.97. The zero-order valence-electron chi connectivity index (χ0n) is 10.1. The van der Waals surface area contributed by atoms with Crippen LogP contribution in [0.25, 0.3) is 0 Å². The minimum Gasteiger partial charge on any atom is -0.378 e. The Balaban J connectivity index is 2.00. The highest BCUT2D eigenvalue weighted by molar-refractivity contribution is 7.80. The number of rotatable bonds is 2. The lowest BCUT2D eigenvalue weighted by Crippen LogP contribution is -2.41. The quantitative estimate of drug-likeness (QED) is 0.809. The summed E-state index contributed by atoms with van der Waals surface area (Å²) in [7, 11) is 0. The van der Waals surface area contributed by atoms with Crippen molar-refractivity contribution < 1.29 is 13.9 Å². The highest BCUT2D eigenvalue weighted by atomic mass is 32.1. The summed E-state index contributed by atoms with van der Waals surface area (Å²) in [6.45, 7) is 2.65. The molecule has 2 unspecified atom stereocenters. The third kappa shape index (κ3) is 3.23. The van der Waals surface area contributed by atoms with Crippen molar-refractivity contribution in [3.05, 3.63) is 29.6 Å². The summed E-state index contributed by atoms with van der Waals surface area (Å²) in [6, 6.07) is 4.28. The number of thiol groups is 1. The number of ether oxygens (including phenoxy) is 1. The number of carbonyl (C=O) groups is 1. The zero-order chi connectivity index (χ0) is 13.1. The number of halogens is 1. The van der Waals surface area contributed by atoms with Gasteiger partial charge in [-0.1, -0.05) is 0 Å². The van der Waals surface area contributed by atoms with E-state index in [0.717, 1.165) is 12.8 Å². The maximum Gasteiger partial charge on any atom is 0.251 e. The lowest BCUT2D eigenvalue weighted by Gasteiger charge is -2.27. The molecule has 0 saturated carbocycles. The molecule has 1 saturated heterocycles. The summed E-state index contributed by atoms with van der Waals surface area (Å²) in [6.07, 6.45) is 1.78. The number of benzene rings is 1. The Hall–Kier alpha value is -1.07. The topological polar surface area (TPSA) is 38.3 Å². The lowest BCUT2D eigenvalue weighted by atomic mass is 10.0. The molecule has 1 heterocycles. The summed E-state index contributed by atoms with van der Waals surface area (Å²) in [5.41, 5.74) is 0.431. The van der Waals surface area contributed by atoms with Crippen molar-refractivity contribution in [1.82, 2.24) is 5.32 Å². The average molecular weight is 269 g/mol. The Kier molecular flexibility index (Phi) is 4.24. The first-order chi connectivity index (χ1) is 8.56. The predicted octanol–water partition coefficient (Wildman–Crippen LogP) is 2.41. The standard InChI is InChI=1S/C13H16FNO2S/c1-8-6-10(4-5-17-8)15-13(16)9-2-3-11(14)12(18)7-9/h2-3,7-8,10,18H,4-6H2,1H3,(H,15,16). The van der Waals surface area contributed by atoms with Crippen molar-refractivity contribution >= 4 is 18.5 Å². The van der Waals surface area contributed by atoms with Gasteiger partial charge in [0, 0.05) is 23.1 Å². The monoisotopic (exact) mass is 269 g/mol. The molecule has 18 heavy (non-hydrogen) atoms. The first-order valence-corrected chi connectivity index (χ1v) is 6.42. The van der Waals surface area contributed by atoms with Crippen LogP contribution in [-0.4, -0.2) is 24.7 Å². The van der Waals surface area contributed by atoms with Crippen molar-refractivity contribution in [2.75, 3.05) is 6.61 Å². The molecule has 1 aromatic carbocycles. The minimum atomic E-state index is -0.422. The van der Waals surface area contributed by atoms with E-state index in [9.17, 15) is 9.18 Å². The van der Waals surface area contributed by atoms with Crippen LogP contribution in [0.1, 0.15) is 30.1 Å². The molecule has 1 aliphatic rings. The van der Waals surface area contributed by atoms with E-state index in [-0.39, 0.29) is 22.9 Å². The van der Waals surface area contributed by atoms with E-state index in [4.69, 9.17) is 4.74 Å². The highest BCUT2D eigenvalue weighted by Crippen LogP contribution is 2.16. The van der Waals surface area contributed by atoms with Crippen molar-refractivity contribution in [1.29, 1.82) is 0 Å². The van der Waals surface area contributed by atoms with Gasteiger partial charge in [0.25, 0.3) is 5.91 Å². The van der Waals surface area contributed by atoms with Crippen LogP contribution in [0, 0.1) is 5.82 Å².